The second-order valence-corrected chi connectivity index (χ2v) is 7.41. The van der Waals surface area contributed by atoms with E-state index in [-0.39, 0.29) is 0 Å². The number of nitrogens with zero attached hydrogens (tertiary/aromatic N) is 3. The first-order chi connectivity index (χ1) is 11.6. The van der Waals surface area contributed by atoms with Gasteiger partial charge in [-0.15, -0.1) is 11.3 Å². The smallest absolute Gasteiger partial charge is 0.142 e. The SMILES string of the molecule is C[C@@H]1CN([C@@H](C)CNCc2csc(-c3ccccn3)n2)C[C@@H](C)O1. The first-order valence-electron chi connectivity index (χ1n) is 8.58. The van der Waals surface area contributed by atoms with Gasteiger partial charge in [0.2, 0.25) is 0 Å². The lowest BCUT2D eigenvalue weighted by molar-refractivity contribution is -0.0781. The highest BCUT2D eigenvalue weighted by molar-refractivity contribution is 7.13. The maximum atomic E-state index is 5.81. The van der Waals surface area contributed by atoms with Crippen LogP contribution in [0.15, 0.2) is 29.8 Å². The number of aromatic nitrogens is 2. The summed E-state index contributed by atoms with van der Waals surface area (Å²) in [6.07, 6.45) is 2.44. The van der Waals surface area contributed by atoms with E-state index in [9.17, 15) is 0 Å². The molecule has 1 aliphatic rings. The van der Waals surface area contributed by atoms with Crippen molar-refractivity contribution in [3.05, 3.63) is 35.5 Å². The quantitative estimate of drug-likeness (QED) is 0.872. The predicted molar refractivity (Wildman–Crippen MR) is 98.1 cm³/mol. The molecule has 0 amide bonds. The van der Waals surface area contributed by atoms with Crippen LogP contribution in [-0.4, -0.2) is 52.8 Å². The second-order valence-electron chi connectivity index (χ2n) is 6.55. The Hall–Kier alpha value is -1.34. The molecule has 0 saturated carbocycles. The molecule has 3 heterocycles. The molecule has 0 spiro atoms. The molecule has 0 radical (unpaired) electrons. The Morgan fingerprint density at radius 1 is 1.33 bits per heavy atom. The van der Waals surface area contributed by atoms with Gasteiger partial charge >= 0.3 is 0 Å². The van der Waals surface area contributed by atoms with Crippen molar-refractivity contribution >= 4 is 11.3 Å². The Bertz CT molecular complexity index is 623. The minimum absolute atomic E-state index is 0.315. The van der Waals surface area contributed by atoms with E-state index in [0.29, 0.717) is 18.2 Å². The fraction of sp³-hybridized carbons (Fsp3) is 0.556. The molecule has 6 heteroatoms. The van der Waals surface area contributed by atoms with E-state index < -0.39 is 0 Å². The fourth-order valence-electron chi connectivity index (χ4n) is 3.11. The van der Waals surface area contributed by atoms with Crippen molar-refractivity contribution in [1.29, 1.82) is 0 Å². The lowest BCUT2D eigenvalue weighted by Gasteiger charge is -2.39. The molecule has 1 aliphatic heterocycles. The third kappa shape index (κ3) is 4.60. The number of nitrogens with one attached hydrogen (secondary N) is 1. The number of pyridine rings is 1. The minimum Gasteiger partial charge on any atom is -0.373 e. The molecule has 1 N–H and O–H groups in total. The van der Waals surface area contributed by atoms with Crippen molar-refractivity contribution in [2.24, 2.45) is 0 Å². The summed E-state index contributed by atoms with van der Waals surface area (Å²) in [6.45, 7) is 10.3. The van der Waals surface area contributed by atoms with Crippen molar-refractivity contribution in [3.8, 4) is 10.7 Å². The Morgan fingerprint density at radius 3 is 2.83 bits per heavy atom. The molecule has 3 rings (SSSR count). The molecule has 5 nitrogen and oxygen atoms in total. The standard InChI is InChI=1S/C18H26N4OS/c1-13(22-10-14(2)23-15(3)11-22)8-19-9-16-12-24-18(21-16)17-6-4-5-7-20-17/h4-7,12-15,19H,8-11H2,1-3H3/t13-,14+,15+/m0/s1. The summed E-state index contributed by atoms with van der Waals surface area (Å²) in [7, 11) is 0. The Kier molecular flexibility index (Phi) is 5.94. The molecule has 2 aromatic rings. The zero-order chi connectivity index (χ0) is 16.9. The zero-order valence-corrected chi connectivity index (χ0v) is 15.4. The molecule has 1 saturated heterocycles. The molecule has 1 fully saturated rings. The van der Waals surface area contributed by atoms with Crippen LogP contribution in [0.3, 0.4) is 0 Å². The summed E-state index contributed by atoms with van der Waals surface area (Å²) in [5.41, 5.74) is 2.02. The predicted octanol–water partition coefficient (Wildman–Crippen LogP) is 2.79. The van der Waals surface area contributed by atoms with E-state index >= 15 is 0 Å². The molecular weight excluding hydrogens is 320 g/mol. The summed E-state index contributed by atoms with van der Waals surface area (Å²) < 4.78 is 5.81. The lowest BCUT2D eigenvalue weighted by atomic mass is 10.1. The minimum atomic E-state index is 0.315. The summed E-state index contributed by atoms with van der Waals surface area (Å²) in [5.74, 6) is 0. The Morgan fingerprint density at radius 2 is 2.12 bits per heavy atom. The first kappa shape index (κ1) is 17.5. The van der Waals surface area contributed by atoms with E-state index in [1.807, 2.05) is 18.2 Å². The van der Waals surface area contributed by atoms with Gasteiger partial charge in [0.15, 0.2) is 0 Å². The van der Waals surface area contributed by atoms with Gasteiger partial charge in [0.05, 0.1) is 23.6 Å². The molecule has 0 unspecified atom stereocenters. The van der Waals surface area contributed by atoms with Crippen LogP contribution in [0.4, 0.5) is 0 Å². The number of hydrogen-bond donors (Lipinski definition) is 1. The molecule has 24 heavy (non-hydrogen) atoms. The van der Waals surface area contributed by atoms with Gasteiger partial charge in [-0.1, -0.05) is 6.07 Å². The van der Waals surface area contributed by atoms with Crippen LogP contribution in [0.25, 0.3) is 10.7 Å². The van der Waals surface area contributed by atoms with Gasteiger partial charge in [0.1, 0.15) is 5.01 Å². The van der Waals surface area contributed by atoms with Crippen LogP contribution in [0.1, 0.15) is 26.5 Å². The Labute approximate surface area is 148 Å². The normalized spacial score (nSPS) is 23.3. The highest BCUT2D eigenvalue weighted by atomic mass is 32.1. The van der Waals surface area contributed by atoms with Gasteiger partial charge < -0.3 is 10.1 Å². The molecule has 130 valence electrons. The van der Waals surface area contributed by atoms with Crippen molar-refractivity contribution in [2.75, 3.05) is 19.6 Å². The number of rotatable bonds is 6. The zero-order valence-electron chi connectivity index (χ0n) is 14.6. The van der Waals surface area contributed by atoms with Crippen molar-refractivity contribution < 1.29 is 4.74 Å². The Balaban J connectivity index is 1.47. The van der Waals surface area contributed by atoms with Gasteiger partial charge in [-0.3, -0.25) is 9.88 Å². The topological polar surface area (TPSA) is 50.3 Å². The van der Waals surface area contributed by atoms with Gasteiger partial charge in [-0.25, -0.2) is 4.98 Å². The third-order valence-corrected chi connectivity index (χ3v) is 5.17. The van der Waals surface area contributed by atoms with E-state index in [2.05, 4.69) is 46.3 Å². The summed E-state index contributed by atoms with van der Waals surface area (Å²) in [4.78, 5) is 11.5. The van der Waals surface area contributed by atoms with Gasteiger partial charge in [0.25, 0.3) is 0 Å². The highest BCUT2D eigenvalue weighted by Gasteiger charge is 2.25. The maximum absolute atomic E-state index is 5.81. The molecule has 0 aromatic carbocycles. The number of ether oxygens (including phenoxy) is 1. The first-order valence-corrected chi connectivity index (χ1v) is 9.46. The highest BCUT2D eigenvalue weighted by Crippen LogP contribution is 2.21. The third-order valence-electron chi connectivity index (χ3n) is 4.25. The molecule has 3 atom stereocenters. The van der Waals surface area contributed by atoms with Crippen LogP contribution in [-0.2, 0) is 11.3 Å². The number of thiazole rings is 1. The maximum Gasteiger partial charge on any atom is 0.142 e. The number of morpholine rings is 1. The van der Waals surface area contributed by atoms with Gasteiger partial charge in [0, 0.05) is 43.8 Å². The lowest BCUT2D eigenvalue weighted by Crippen LogP contribution is -2.51. The summed E-state index contributed by atoms with van der Waals surface area (Å²) >= 11 is 1.65. The van der Waals surface area contributed by atoms with Gasteiger partial charge in [-0.05, 0) is 32.9 Å². The van der Waals surface area contributed by atoms with Crippen molar-refractivity contribution in [1.82, 2.24) is 20.2 Å². The second kappa shape index (κ2) is 8.16. The molecular formula is C18H26N4OS. The van der Waals surface area contributed by atoms with Crippen LogP contribution < -0.4 is 5.32 Å². The van der Waals surface area contributed by atoms with E-state index in [4.69, 9.17) is 4.74 Å². The summed E-state index contributed by atoms with van der Waals surface area (Å²) in [5, 5.41) is 6.63. The van der Waals surface area contributed by atoms with Gasteiger partial charge in [-0.2, -0.15) is 0 Å². The van der Waals surface area contributed by atoms with Crippen LogP contribution in [0.5, 0.6) is 0 Å². The van der Waals surface area contributed by atoms with Crippen LogP contribution >= 0.6 is 11.3 Å². The van der Waals surface area contributed by atoms with E-state index in [1.165, 1.54) is 0 Å². The average molecular weight is 347 g/mol. The molecule has 0 aliphatic carbocycles. The molecule has 0 bridgehead atoms. The van der Waals surface area contributed by atoms with E-state index in [0.717, 1.165) is 42.6 Å². The number of hydrogen-bond acceptors (Lipinski definition) is 6. The largest absolute Gasteiger partial charge is 0.373 e. The fourth-order valence-corrected chi connectivity index (χ4v) is 3.91. The van der Waals surface area contributed by atoms with Crippen LogP contribution in [0.2, 0.25) is 0 Å². The van der Waals surface area contributed by atoms with Crippen LogP contribution in [0, 0.1) is 0 Å². The van der Waals surface area contributed by atoms with Crippen molar-refractivity contribution in [3.63, 3.8) is 0 Å². The monoisotopic (exact) mass is 346 g/mol. The average Bonchev–Trinajstić information content (AvgIpc) is 3.03. The molecule has 2 aromatic heterocycles. The van der Waals surface area contributed by atoms with E-state index in [1.54, 1.807) is 17.5 Å². The van der Waals surface area contributed by atoms with Crippen molar-refractivity contribution in [2.45, 2.75) is 45.6 Å². The summed E-state index contributed by atoms with van der Waals surface area (Å²) in [6, 6.07) is 6.41.